The summed E-state index contributed by atoms with van der Waals surface area (Å²) in [5.74, 6) is 0.772. The van der Waals surface area contributed by atoms with Crippen LogP contribution in [0.1, 0.15) is 6.92 Å². The summed E-state index contributed by atoms with van der Waals surface area (Å²) in [6.45, 7) is 5.76. The number of rotatable bonds is 7. The molecule has 1 atom stereocenters. The molecule has 106 valence electrons. The fourth-order valence-electron chi connectivity index (χ4n) is 1.53. The van der Waals surface area contributed by atoms with Crippen LogP contribution in [0.3, 0.4) is 0 Å². The van der Waals surface area contributed by atoms with Gasteiger partial charge >= 0.3 is 0 Å². The Morgan fingerprint density at radius 1 is 1.45 bits per heavy atom. The van der Waals surface area contributed by atoms with Crippen LogP contribution in [0, 0.1) is 0 Å². The molecule has 0 aliphatic rings. The lowest BCUT2D eigenvalue weighted by Crippen LogP contribution is -2.19. The van der Waals surface area contributed by atoms with Gasteiger partial charge < -0.3 is 10.6 Å². The third-order valence-electron chi connectivity index (χ3n) is 2.70. The van der Waals surface area contributed by atoms with Gasteiger partial charge in [-0.15, -0.1) is 6.58 Å². The fraction of sp³-hybridized carbons (Fsp3) is 0.250. The van der Waals surface area contributed by atoms with Gasteiger partial charge in [-0.2, -0.15) is 0 Å². The minimum atomic E-state index is 0.185. The summed E-state index contributed by atoms with van der Waals surface area (Å²) in [6.07, 6.45) is 11.4. The molecule has 0 aromatic carbocycles. The van der Waals surface area contributed by atoms with Gasteiger partial charge in [0.1, 0.15) is 5.69 Å². The highest BCUT2D eigenvalue weighted by Gasteiger charge is 1.97. The summed E-state index contributed by atoms with van der Waals surface area (Å²) in [7, 11) is 3.73. The zero-order chi connectivity index (χ0) is 14.8. The van der Waals surface area contributed by atoms with Crippen LogP contribution < -0.4 is 10.6 Å². The zero-order valence-corrected chi connectivity index (χ0v) is 12.3. The Hall–Kier alpha value is -2.20. The average Bonchev–Trinajstić information content (AvgIpc) is 2.49. The topological polar surface area (TPSA) is 49.3 Å². The van der Waals surface area contributed by atoms with Crippen LogP contribution in [0.5, 0.6) is 0 Å². The maximum Gasteiger partial charge on any atom is 0.151 e. The summed E-state index contributed by atoms with van der Waals surface area (Å²) < 4.78 is 0. The lowest BCUT2D eigenvalue weighted by atomic mass is 10.2. The van der Waals surface area contributed by atoms with Crippen molar-refractivity contribution in [1.82, 2.24) is 10.3 Å². The van der Waals surface area contributed by atoms with E-state index >= 15 is 0 Å². The highest BCUT2D eigenvalue weighted by atomic mass is 15.0. The molecule has 20 heavy (non-hydrogen) atoms. The molecular formula is C16H22N4. The van der Waals surface area contributed by atoms with E-state index in [2.05, 4.69) is 27.2 Å². The number of hydrogen-bond acceptors (Lipinski definition) is 4. The maximum atomic E-state index is 4.43. The van der Waals surface area contributed by atoms with Gasteiger partial charge in [-0.1, -0.05) is 24.3 Å². The number of allylic oxidation sites excluding steroid dienone is 3. The largest absolute Gasteiger partial charge is 0.371 e. The Morgan fingerprint density at radius 2 is 2.25 bits per heavy atom. The molecule has 2 N–H and O–H groups in total. The molecule has 4 heteroatoms. The van der Waals surface area contributed by atoms with Crippen molar-refractivity contribution in [3.63, 3.8) is 0 Å². The van der Waals surface area contributed by atoms with Crippen LogP contribution in [0.15, 0.2) is 59.8 Å². The van der Waals surface area contributed by atoms with Crippen molar-refractivity contribution < 1.29 is 0 Å². The van der Waals surface area contributed by atoms with Gasteiger partial charge in [0.25, 0.3) is 0 Å². The molecule has 0 radical (unpaired) electrons. The van der Waals surface area contributed by atoms with Gasteiger partial charge in [0.15, 0.2) is 5.82 Å². The standard InChI is InChI=1S/C16H22N4/c1-5-14(17-3)9-6-8-13(2)12-20-15-10-7-11-19-16(15)18-4/h5-12,14,17H,1H2,2-4H3,(H,18,19)/b9-6?,13-8+,20-12?. The third kappa shape index (κ3) is 5.20. The number of likely N-dealkylation sites (N-methyl/N-ethyl adjacent to an activating group) is 1. The molecule has 0 aliphatic heterocycles. The Morgan fingerprint density at radius 3 is 2.90 bits per heavy atom. The summed E-state index contributed by atoms with van der Waals surface area (Å²) >= 11 is 0. The van der Waals surface area contributed by atoms with Crippen LogP contribution in [0.2, 0.25) is 0 Å². The number of pyridine rings is 1. The first kappa shape index (κ1) is 15.9. The van der Waals surface area contributed by atoms with E-state index in [1.54, 1.807) is 6.20 Å². The van der Waals surface area contributed by atoms with E-state index in [9.17, 15) is 0 Å². The van der Waals surface area contributed by atoms with E-state index in [0.29, 0.717) is 0 Å². The van der Waals surface area contributed by atoms with Gasteiger partial charge in [-0.3, -0.25) is 4.99 Å². The molecule has 0 amide bonds. The third-order valence-corrected chi connectivity index (χ3v) is 2.70. The van der Waals surface area contributed by atoms with Crippen LogP contribution in [0.25, 0.3) is 0 Å². The lowest BCUT2D eigenvalue weighted by molar-refractivity contribution is 0.792. The summed E-state index contributed by atoms with van der Waals surface area (Å²) in [4.78, 5) is 8.63. The van der Waals surface area contributed by atoms with Gasteiger partial charge in [0, 0.05) is 25.5 Å². The summed E-state index contributed by atoms with van der Waals surface area (Å²) in [5.41, 5.74) is 1.89. The molecular weight excluding hydrogens is 248 g/mol. The number of hydrogen-bond donors (Lipinski definition) is 2. The number of aromatic nitrogens is 1. The Bertz CT molecular complexity index is 515. The van der Waals surface area contributed by atoms with Crippen molar-refractivity contribution >= 4 is 17.7 Å². The molecule has 0 saturated heterocycles. The SMILES string of the molecule is C=CC(C=C/C=C(\C)C=Nc1cccnc1NC)NC. The first-order valence-electron chi connectivity index (χ1n) is 6.53. The van der Waals surface area contributed by atoms with Crippen LogP contribution in [0.4, 0.5) is 11.5 Å². The summed E-state index contributed by atoms with van der Waals surface area (Å²) in [6, 6.07) is 3.98. The minimum Gasteiger partial charge on any atom is -0.371 e. The molecule has 0 saturated carbocycles. The smallest absolute Gasteiger partial charge is 0.151 e. The molecule has 0 spiro atoms. The normalized spacial score (nSPS) is 13.8. The van der Waals surface area contributed by atoms with Crippen molar-refractivity contribution in [2.24, 2.45) is 4.99 Å². The molecule has 1 heterocycles. The molecule has 1 unspecified atom stereocenters. The van der Waals surface area contributed by atoms with Crippen LogP contribution in [-0.2, 0) is 0 Å². The van der Waals surface area contributed by atoms with Crippen molar-refractivity contribution in [2.45, 2.75) is 13.0 Å². The molecule has 0 bridgehead atoms. The average molecular weight is 270 g/mol. The van der Waals surface area contributed by atoms with Crippen molar-refractivity contribution in [1.29, 1.82) is 0 Å². The number of aliphatic imine (C=N–C) groups is 1. The Balaban J connectivity index is 2.71. The van der Waals surface area contributed by atoms with Crippen molar-refractivity contribution in [3.8, 4) is 0 Å². The predicted molar refractivity (Wildman–Crippen MR) is 87.9 cm³/mol. The fourth-order valence-corrected chi connectivity index (χ4v) is 1.53. The van der Waals surface area contributed by atoms with Crippen molar-refractivity contribution in [3.05, 3.63) is 54.8 Å². The van der Waals surface area contributed by atoms with E-state index in [4.69, 9.17) is 0 Å². The second-order valence-corrected chi connectivity index (χ2v) is 4.23. The number of nitrogens with one attached hydrogen (secondary N) is 2. The monoisotopic (exact) mass is 270 g/mol. The maximum absolute atomic E-state index is 4.43. The first-order valence-corrected chi connectivity index (χ1v) is 6.53. The van der Waals surface area contributed by atoms with E-state index < -0.39 is 0 Å². The van der Waals surface area contributed by atoms with E-state index in [1.807, 2.05) is 63.7 Å². The van der Waals surface area contributed by atoms with Gasteiger partial charge in [0.05, 0.1) is 0 Å². The van der Waals surface area contributed by atoms with Crippen LogP contribution in [-0.4, -0.2) is 31.3 Å². The highest BCUT2D eigenvalue weighted by Crippen LogP contribution is 2.20. The van der Waals surface area contributed by atoms with Gasteiger partial charge in [-0.05, 0) is 31.7 Å². The van der Waals surface area contributed by atoms with Crippen LogP contribution >= 0.6 is 0 Å². The Kier molecular flexibility index (Phi) is 7.00. The second kappa shape index (κ2) is 8.82. The molecule has 1 aromatic heterocycles. The van der Waals surface area contributed by atoms with Crippen molar-refractivity contribution in [2.75, 3.05) is 19.4 Å². The molecule has 1 aromatic rings. The minimum absolute atomic E-state index is 0.185. The Labute approximate surface area is 121 Å². The zero-order valence-electron chi connectivity index (χ0n) is 12.3. The highest BCUT2D eigenvalue weighted by molar-refractivity contribution is 5.82. The number of nitrogens with zero attached hydrogens (tertiary/aromatic N) is 2. The molecule has 1 rings (SSSR count). The van der Waals surface area contributed by atoms with Gasteiger partial charge in [-0.25, -0.2) is 4.98 Å². The predicted octanol–water partition coefficient (Wildman–Crippen LogP) is 3.10. The van der Waals surface area contributed by atoms with E-state index in [0.717, 1.165) is 17.1 Å². The molecule has 0 fully saturated rings. The number of anilines is 1. The van der Waals surface area contributed by atoms with E-state index in [1.165, 1.54) is 0 Å². The van der Waals surface area contributed by atoms with Gasteiger partial charge in [0.2, 0.25) is 0 Å². The lowest BCUT2D eigenvalue weighted by Gasteiger charge is -2.03. The summed E-state index contributed by atoms with van der Waals surface area (Å²) in [5, 5.41) is 6.13. The van der Waals surface area contributed by atoms with E-state index in [-0.39, 0.29) is 6.04 Å². The second-order valence-electron chi connectivity index (χ2n) is 4.23. The molecule has 0 aliphatic carbocycles. The molecule has 4 nitrogen and oxygen atoms in total. The first-order chi connectivity index (χ1) is 9.71. The quantitative estimate of drug-likeness (QED) is 0.455.